The first-order valence-corrected chi connectivity index (χ1v) is 7.58. The van der Waals surface area contributed by atoms with Gasteiger partial charge in [0.05, 0.1) is 0 Å². The Morgan fingerprint density at radius 3 is 2.12 bits per heavy atom. The van der Waals surface area contributed by atoms with Gasteiger partial charge in [0.25, 0.3) is 11.8 Å². The number of para-hydroxylation sites is 2. The van der Waals surface area contributed by atoms with Gasteiger partial charge in [-0.3, -0.25) is 14.4 Å². The molecule has 2 amide bonds. The minimum Gasteiger partial charge on any atom is -0.484 e. The molecule has 7 heteroatoms. The van der Waals surface area contributed by atoms with Crippen molar-refractivity contribution in [1.82, 2.24) is 5.32 Å². The average Bonchev–Trinajstić information content (AvgIpc) is 2.64. The lowest BCUT2D eigenvalue weighted by molar-refractivity contribution is -0.147. The molecule has 0 aliphatic heterocycles. The van der Waals surface area contributed by atoms with Gasteiger partial charge >= 0.3 is 5.97 Å². The molecule has 7 nitrogen and oxygen atoms in total. The Morgan fingerprint density at radius 2 is 1.44 bits per heavy atom. The molecule has 0 aliphatic rings. The first-order chi connectivity index (χ1) is 12.1. The zero-order valence-electron chi connectivity index (χ0n) is 13.4. The number of carbonyl (C=O) groups excluding carboxylic acids is 3. The molecule has 0 spiro atoms. The van der Waals surface area contributed by atoms with E-state index < -0.39 is 24.4 Å². The summed E-state index contributed by atoms with van der Waals surface area (Å²) in [5, 5.41) is 4.93. The number of benzene rings is 2. The second-order valence-corrected chi connectivity index (χ2v) is 4.95. The first kappa shape index (κ1) is 18.0. The lowest BCUT2D eigenvalue weighted by atomic mass is 10.3. The lowest BCUT2D eigenvalue weighted by Gasteiger charge is -2.08. The highest BCUT2D eigenvalue weighted by atomic mass is 16.5. The van der Waals surface area contributed by atoms with E-state index in [2.05, 4.69) is 10.6 Å². The topological polar surface area (TPSA) is 93.7 Å². The minimum atomic E-state index is -0.712. The van der Waals surface area contributed by atoms with Crippen LogP contribution in [-0.4, -0.2) is 37.5 Å². The van der Waals surface area contributed by atoms with Gasteiger partial charge in [-0.05, 0) is 24.3 Å². The van der Waals surface area contributed by atoms with Crippen molar-refractivity contribution in [2.75, 3.05) is 25.1 Å². The van der Waals surface area contributed by atoms with Gasteiger partial charge in [0, 0.05) is 5.69 Å². The van der Waals surface area contributed by atoms with E-state index in [0.717, 1.165) is 0 Å². The molecule has 2 rings (SSSR count). The fourth-order valence-corrected chi connectivity index (χ4v) is 1.80. The van der Waals surface area contributed by atoms with E-state index in [1.54, 1.807) is 48.5 Å². The van der Waals surface area contributed by atoms with E-state index in [9.17, 15) is 14.4 Å². The maximum absolute atomic E-state index is 11.6. The molecule has 0 fully saturated rings. The van der Waals surface area contributed by atoms with Gasteiger partial charge in [-0.2, -0.15) is 0 Å². The lowest BCUT2D eigenvalue weighted by Crippen LogP contribution is -2.35. The van der Waals surface area contributed by atoms with Gasteiger partial charge in [-0.1, -0.05) is 36.4 Å². The van der Waals surface area contributed by atoms with Gasteiger partial charge in [-0.15, -0.1) is 0 Å². The van der Waals surface area contributed by atoms with Gasteiger partial charge in [0.15, 0.2) is 13.2 Å². The Labute approximate surface area is 144 Å². The quantitative estimate of drug-likeness (QED) is 0.707. The van der Waals surface area contributed by atoms with Crippen LogP contribution in [0, 0.1) is 0 Å². The molecule has 0 bridgehead atoms. The second-order valence-electron chi connectivity index (χ2n) is 4.95. The first-order valence-electron chi connectivity index (χ1n) is 7.58. The Balaban J connectivity index is 1.60. The van der Waals surface area contributed by atoms with Gasteiger partial charge in [0.1, 0.15) is 12.3 Å². The Bertz CT molecular complexity index is 704. The number of hydrogen-bond donors (Lipinski definition) is 2. The van der Waals surface area contributed by atoms with Crippen molar-refractivity contribution in [3.05, 3.63) is 60.7 Å². The number of anilines is 1. The Hall–Kier alpha value is -3.35. The molecule has 0 aromatic heterocycles. The zero-order chi connectivity index (χ0) is 17.9. The fraction of sp³-hybridized carbons (Fsp3) is 0.167. The summed E-state index contributed by atoms with van der Waals surface area (Å²) >= 11 is 0. The van der Waals surface area contributed by atoms with E-state index in [-0.39, 0.29) is 13.2 Å². The summed E-state index contributed by atoms with van der Waals surface area (Å²) in [6.07, 6.45) is 0. The van der Waals surface area contributed by atoms with Crippen LogP contribution >= 0.6 is 0 Å². The zero-order valence-corrected chi connectivity index (χ0v) is 13.4. The molecule has 2 aromatic rings. The minimum absolute atomic E-state index is 0.216. The largest absolute Gasteiger partial charge is 0.484 e. The summed E-state index contributed by atoms with van der Waals surface area (Å²) in [6, 6.07) is 17.6. The predicted molar refractivity (Wildman–Crippen MR) is 91.0 cm³/mol. The monoisotopic (exact) mass is 342 g/mol. The van der Waals surface area contributed by atoms with Crippen molar-refractivity contribution >= 4 is 23.5 Å². The number of carbonyl (C=O) groups is 3. The smallest absolute Gasteiger partial charge is 0.325 e. The van der Waals surface area contributed by atoms with Crippen LogP contribution in [0.4, 0.5) is 5.69 Å². The molecule has 0 saturated carbocycles. The molecule has 0 saturated heterocycles. The van der Waals surface area contributed by atoms with E-state index >= 15 is 0 Å². The molecular weight excluding hydrogens is 324 g/mol. The molecule has 2 N–H and O–H groups in total. The molecule has 2 aromatic carbocycles. The normalized spacial score (nSPS) is 9.76. The third-order valence-electron chi connectivity index (χ3n) is 2.96. The number of hydrogen-bond acceptors (Lipinski definition) is 5. The van der Waals surface area contributed by atoms with E-state index in [1.807, 2.05) is 12.1 Å². The summed E-state index contributed by atoms with van der Waals surface area (Å²) < 4.78 is 10.0. The third kappa shape index (κ3) is 7.17. The number of rotatable bonds is 8. The van der Waals surface area contributed by atoms with Crippen LogP contribution in [-0.2, 0) is 19.1 Å². The van der Waals surface area contributed by atoms with Gasteiger partial charge < -0.3 is 20.1 Å². The van der Waals surface area contributed by atoms with Crippen LogP contribution in [0.2, 0.25) is 0 Å². The van der Waals surface area contributed by atoms with Gasteiger partial charge in [-0.25, -0.2) is 0 Å². The number of nitrogens with one attached hydrogen (secondary N) is 2. The number of amides is 2. The summed E-state index contributed by atoms with van der Waals surface area (Å²) in [6.45, 7) is -0.981. The molecule has 0 unspecified atom stereocenters. The second kappa shape index (κ2) is 9.71. The van der Waals surface area contributed by atoms with Crippen LogP contribution in [0.15, 0.2) is 60.7 Å². The molecular formula is C18H18N2O5. The Kier molecular flexibility index (Phi) is 6.99. The SMILES string of the molecule is O=C(COc1ccccc1)NCC(=O)OCC(=O)Nc1ccccc1. The van der Waals surface area contributed by atoms with Crippen molar-refractivity contribution in [2.45, 2.75) is 0 Å². The predicted octanol–water partition coefficient (Wildman–Crippen LogP) is 1.36. The summed E-state index contributed by atoms with van der Waals surface area (Å²) in [7, 11) is 0. The van der Waals surface area contributed by atoms with Crippen LogP contribution < -0.4 is 15.4 Å². The fourth-order valence-electron chi connectivity index (χ4n) is 1.80. The van der Waals surface area contributed by atoms with E-state index in [4.69, 9.17) is 9.47 Å². The molecule has 0 heterocycles. The Morgan fingerprint density at radius 1 is 0.800 bits per heavy atom. The third-order valence-corrected chi connectivity index (χ3v) is 2.96. The molecule has 25 heavy (non-hydrogen) atoms. The summed E-state index contributed by atoms with van der Waals surface area (Å²) in [5.74, 6) is -1.08. The average molecular weight is 342 g/mol. The highest BCUT2D eigenvalue weighted by Crippen LogP contribution is 2.07. The van der Waals surface area contributed by atoms with E-state index in [0.29, 0.717) is 11.4 Å². The molecule has 130 valence electrons. The summed E-state index contributed by atoms with van der Waals surface area (Å²) in [4.78, 5) is 34.7. The van der Waals surface area contributed by atoms with Crippen molar-refractivity contribution in [3.8, 4) is 5.75 Å². The molecule has 0 aliphatic carbocycles. The van der Waals surface area contributed by atoms with Crippen LogP contribution in [0.25, 0.3) is 0 Å². The standard InChI is InChI=1S/C18H18N2O5/c21-16(12-24-15-9-5-2-6-10-15)19-11-18(23)25-13-17(22)20-14-7-3-1-4-8-14/h1-10H,11-13H2,(H,19,21)(H,20,22). The molecule has 0 atom stereocenters. The number of ether oxygens (including phenoxy) is 2. The number of esters is 1. The van der Waals surface area contributed by atoms with Crippen molar-refractivity contribution in [3.63, 3.8) is 0 Å². The van der Waals surface area contributed by atoms with Gasteiger partial charge in [0.2, 0.25) is 0 Å². The van der Waals surface area contributed by atoms with E-state index in [1.165, 1.54) is 0 Å². The van der Waals surface area contributed by atoms with Crippen LogP contribution in [0.1, 0.15) is 0 Å². The molecule has 0 radical (unpaired) electrons. The maximum Gasteiger partial charge on any atom is 0.325 e. The highest BCUT2D eigenvalue weighted by Gasteiger charge is 2.10. The highest BCUT2D eigenvalue weighted by molar-refractivity contribution is 5.93. The van der Waals surface area contributed by atoms with Crippen molar-refractivity contribution < 1.29 is 23.9 Å². The van der Waals surface area contributed by atoms with Crippen molar-refractivity contribution in [2.24, 2.45) is 0 Å². The van der Waals surface area contributed by atoms with Crippen molar-refractivity contribution in [1.29, 1.82) is 0 Å². The van der Waals surface area contributed by atoms with Crippen LogP contribution in [0.3, 0.4) is 0 Å². The summed E-state index contributed by atoms with van der Waals surface area (Å²) in [5.41, 5.74) is 0.606. The van der Waals surface area contributed by atoms with Crippen LogP contribution in [0.5, 0.6) is 5.75 Å². The maximum atomic E-state index is 11.6.